The third-order valence-electron chi connectivity index (χ3n) is 2.77. The van der Waals surface area contributed by atoms with Crippen LogP contribution < -0.4 is 5.32 Å². The molecule has 0 bridgehead atoms. The van der Waals surface area contributed by atoms with Gasteiger partial charge >= 0.3 is 5.97 Å². The van der Waals surface area contributed by atoms with Crippen molar-refractivity contribution in [1.82, 2.24) is 0 Å². The van der Waals surface area contributed by atoms with Crippen LogP contribution in [0.5, 0.6) is 0 Å². The molecule has 0 amide bonds. The predicted molar refractivity (Wildman–Crippen MR) is 78.8 cm³/mol. The zero-order valence-corrected chi connectivity index (χ0v) is 12.0. The molecule has 0 aromatic heterocycles. The quantitative estimate of drug-likeness (QED) is 0.741. The number of thioether (sulfide) groups is 1. The molecule has 3 nitrogen and oxygen atoms in total. The summed E-state index contributed by atoms with van der Waals surface area (Å²) in [6.07, 6.45) is 1.11. The number of carboxylic acids is 1. The first kappa shape index (κ1) is 14.9. The zero-order valence-electron chi connectivity index (χ0n) is 11.2. The van der Waals surface area contributed by atoms with Crippen LogP contribution in [-0.4, -0.2) is 28.6 Å². The maximum Gasteiger partial charge on any atom is 0.335 e. The average Bonchev–Trinajstić information content (AvgIpc) is 2.32. The van der Waals surface area contributed by atoms with Crippen molar-refractivity contribution >= 4 is 23.4 Å². The van der Waals surface area contributed by atoms with E-state index in [1.165, 1.54) is 0 Å². The van der Waals surface area contributed by atoms with Gasteiger partial charge in [0, 0.05) is 11.7 Å². The molecule has 2 N–H and O–H groups in total. The second-order valence-corrected chi connectivity index (χ2v) is 5.76. The highest BCUT2D eigenvalue weighted by Gasteiger charge is 2.07. The summed E-state index contributed by atoms with van der Waals surface area (Å²) < 4.78 is 0. The molecule has 1 aromatic rings. The summed E-state index contributed by atoms with van der Waals surface area (Å²) >= 11 is 1.94. The highest BCUT2D eigenvalue weighted by atomic mass is 32.2. The first-order chi connectivity index (χ1) is 8.54. The average molecular weight is 267 g/mol. The summed E-state index contributed by atoms with van der Waals surface area (Å²) in [4.78, 5) is 10.8. The van der Waals surface area contributed by atoms with Crippen molar-refractivity contribution in [1.29, 1.82) is 0 Å². The predicted octanol–water partition coefficient (Wildman–Crippen LogP) is 3.64. The molecule has 0 saturated heterocycles. The first-order valence-electron chi connectivity index (χ1n) is 6.22. The smallest absolute Gasteiger partial charge is 0.335 e. The van der Waals surface area contributed by atoms with E-state index in [0.29, 0.717) is 11.6 Å². The topological polar surface area (TPSA) is 49.3 Å². The maximum absolute atomic E-state index is 10.8. The lowest BCUT2D eigenvalue weighted by molar-refractivity contribution is 0.0697. The van der Waals surface area contributed by atoms with Crippen molar-refractivity contribution in [3.05, 3.63) is 29.3 Å². The molecular formula is C14H21NO2S. The summed E-state index contributed by atoms with van der Waals surface area (Å²) in [5.74, 6) is 1.42. The fourth-order valence-corrected chi connectivity index (χ4v) is 2.51. The minimum Gasteiger partial charge on any atom is -0.478 e. The Labute approximate surface area is 113 Å². The number of hydrogen-bond donors (Lipinski definition) is 2. The summed E-state index contributed by atoms with van der Waals surface area (Å²) in [5.41, 5.74) is 2.34. The number of carbonyl (C=O) groups is 1. The van der Waals surface area contributed by atoms with E-state index in [9.17, 15) is 4.79 Å². The summed E-state index contributed by atoms with van der Waals surface area (Å²) in [5, 5.41) is 12.3. The van der Waals surface area contributed by atoms with Gasteiger partial charge in [-0.15, -0.1) is 0 Å². The Hall–Kier alpha value is -1.16. The molecule has 0 spiro atoms. The lowest BCUT2D eigenvalue weighted by Crippen LogP contribution is -2.17. The van der Waals surface area contributed by atoms with Crippen molar-refractivity contribution < 1.29 is 9.90 Å². The van der Waals surface area contributed by atoms with E-state index in [1.54, 1.807) is 12.1 Å². The summed E-state index contributed by atoms with van der Waals surface area (Å²) in [6, 6.07) is 5.60. The van der Waals surface area contributed by atoms with E-state index in [4.69, 9.17) is 5.11 Å². The number of carboxylic acid groups (broad SMARTS) is 1. The number of hydrogen-bond acceptors (Lipinski definition) is 3. The number of benzene rings is 1. The fourth-order valence-electron chi connectivity index (χ4n) is 1.70. The van der Waals surface area contributed by atoms with Gasteiger partial charge in [0.1, 0.15) is 0 Å². The lowest BCUT2D eigenvalue weighted by Gasteiger charge is -2.17. The van der Waals surface area contributed by atoms with E-state index in [-0.39, 0.29) is 0 Å². The number of aromatic carboxylic acids is 1. The third-order valence-corrected chi connectivity index (χ3v) is 3.71. The molecule has 0 heterocycles. The molecule has 0 saturated carbocycles. The Balaban J connectivity index is 2.59. The number of anilines is 1. The second-order valence-electron chi connectivity index (χ2n) is 4.37. The highest BCUT2D eigenvalue weighted by molar-refractivity contribution is 7.99. The molecule has 4 heteroatoms. The third kappa shape index (κ3) is 4.61. The van der Waals surface area contributed by atoms with Gasteiger partial charge in [-0.05, 0) is 55.5 Å². The van der Waals surface area contributed by atoms with Gasteiger partial charge in [-0.2, -0.15) is 11.8 Å². The molecule has 0 fully saturated rings. The van der Waals surface area contributed by atoms with Crippen molar-refractivity contribution in [3.8, 4) is 0 Å². The van der Waals surface area contributed by atoms with Crippen molar-refractivity contribution in [2.75, 3.05) is 16.8 Å². The van der Waals surface area contributed by atoms with E-state index in [2.05, 4.69) is 19.2 Å². The Bertz CT molecular complexity index is 407. The number of rotatable bonds is 7. The van der Waals surface area contributed by atoms with Gasteiger partial charge in [0.2, 0.25) is 0 Å². The molecular weight excluding hydrogens is 246 g/mol. The monoisotopic (exact) mass is 267 g/mol. The van der Waals surface area contributed by atoms with Crippen LogP contribution in [0.3, 0.4) is 0 Å². The second kappa shape index (κ2) is 7.31. The minimum absolute atomic E-state index is 0.340. The lowest BCUT2D eigenvalue weighted by atomic mass is 10.1. The SMILES string of the molecule is CCSCCC(C)Nc1ccc(C(=O)O)cc1C. The normalized spacial score (nSPS) is 12.2. The molecule has 100 valence electrons. The fraction of sp³-hybridized carbons (Fsp3) is 0.500. The molecule has 1 aromatic carbocycles. The molecule has 1 atom stereocenters. The van der Waals surface area contributed by atoms with E-state index in [0.717, 1.165) is 29.2 Å². The highest BCUT2D eigenvalue weighted by Crippen LogP contribution is 2.18. The van der Waals surface area contributed by atoms with Gasteiger partial charge in [0.25, 0.3) is 0 Å². The first-order valence-corrected chi connectivity index (χ1v) is 7.38. The van der Waals surface area contributed by atoms with Crippen molar-refractivity contribution in [2.45, 2.75) is 33.2 Å². The largest absolute Gasteiger partial charge is 0.478 e. The molecule has 18 heavy (non-hydrogen) atoms. The van der Waals surface area contributed by atoms with Crippen LogP contribution in [0.4, 0.5) is 5.69 Å². The van der Waals surface area contributed by atoms with E-state index >= 15 is 0 Å². The molecule has 0 aliphatic heterocycles. The van der Waals surface area contributed by atoms with Crippen LogP contribution >= 0.6 is 11.8 Å². The number of aryl methyl sites for hydroxylation is 1. The van der Waals surface area contributed by atoms with Gasteiger partial charge in [-0.1, -0.05) is 6.92 Å². The van der Waals surface area contributed by atoms with Crippen LogP contribution in [-0.2, 0) is 0 Å². The van der Waals surface area contributed by atoms with Crippen molar-refractivity contribution in [2.24, 2.45) is 0 Å². The van der Waals surface area contributed by atoms with Gasteiger partial charge in [0.15, 0.2) is 0 Å². The molecule has 1 rings (SSSR count). The van der Waals surface area contributed by atoms with E-state index in [1.807, 2.05) is 24.8 Å². The molecule has 0 aliphatic carbocycles. The maximum atomic E-state index is 10.8. The Morgan fingerprint density at radius 2 is 2.22 bits per heavy atom. The molecule has 0 aliphatic rings. The van der Waals surface area contributed by atoms with Gasteiger partial charge in [0.05, 0.1) is 5.56 Å². The Kier molecular flexibility index (Phi) is 6.05. The van der Waals surface area contributed by atoms with Crippen molar-refractivity contribution in [3.63, 3.8) is 0 Å². The van der Waals surface area contributed by atoms with Gasteiger partial charge < -0.3 is 10.4 Å². The van der Waals surface area contributed by atoms with Gasteiger partial charge in [-0.25, -0.2) is 4.79 Å². The summed E-state index contributed by atoms with van der Waals surface area (Å²) in [7, 11) is 0. The Morgan fingerprint density at radius 1 is 1.50 bits per heavy atom. The molecule has 1 unspecified atom stereocenters. The van der Waals surface area contributed by atoms with Crippen LogP contribution in [0.15, 0.2) is 18.2 Å². The molecule has 0 radical (unpaired) electrons. The minimum atomic E-state index is -0.878. The van der Waals surface area contributed by atoms with Crippen LogP contribution in [0.2, 0.25) is 0 Å². The van der Waals surface area contributed by atoms with Gasteiger partial charge in [-0.3, -0.25) is 0 Å². The summed E-state index contributed by atoms with van der Waals surface area (Å²) in [6.45, 7) is 6.25. The standard InChI is InChI=1S/C14H21NO2S/c1-4-18-8-7-11(3)15-13-6-5-12(14(16)17)9-10(13)2/h5-6,9,11,15H,4,7-8H2,1-3H3,(H,16,17). The number of nitrogens with one attached hydrogen (secondary N) is 1. The van der Waals surface area contributed by atoms with Crippen LogP contribution in [0, 0.1) is 6.92 Å². The Morgan fingerprint density at radius 3 is 2.78 bits per heavy atom. The van der Waals surface area contributed by atoms with E-state index < -0.39 is 5.97 Å². The zero-order chi connectivity index (χ0) is 13.5. The van der Waals surface area contributed by atoms with Crippen LogP contribution in [0.1, 0.15) is 36.2 Å². The van der Waals surface area contributed by atoms with Crippen LogP contribution in [0.25, 0.3) is 0 Å².